The van der Waals surface area contributed by atoms with E-state index in [1.807, 2.05) is 0 Å². The van der Waals surface area contributed by atoms with E-state index in [1.54, 1.807) is 11.0 Å². The zero-order valence-corrected chi connectivity index (χ0v) is 11.9. The molecule has 0 aliphatic rings. The normalized spacial score (nSPS) is 11.1. The number of nitrogens with zero attached hydrogens (tertiary/aromatic N) is 1. The van der Waals surface area contributed by atoms with Crippen molar-refractivity contribution in [3.63, 3.8) is 0 Å². The Balaban J connectivity index is 3.66. The summed E-state index contributed by atoms with van der Waals surface area (Å²) in [5.41, 5.74) is 0. The molecule has 0 radical (unpaired) electrons. The van der Waals surface area contributed by atoms with Crippen molar-refractivity contribution in [2.45, 2.75) is 25.7 Å². The average Bonchev–Trinajstić information content (AvgIpc) is 2.34. The van der Waals surface area contributed by atoms with E-state index in [2.05, 4.69) is 17.7 Å². The Morgan fingerprint density at radius 2 is 1.84 bits per heavy atom. The third-order valence-corrected chi connectivity index (χ3v) is 2.94. The van der Waals surface area contributed by atoms with E-state index in [0.717, 1.165) is 19.3 Å². The highest BCUT2D eigenvalue weighted by Gasteiger charge is 2.12. The number of phosphoric ester groups is 1. The summed E-state index contributed by atoms with van der Waals surface area (Å²) < 4.78 is 14.7. The first-order chi connectivity index (χ1) is 8.90. The van der Waals surface area contributed by atoms with Gasteiger partial charge in [-0.25, -0.2) is 4.57 Å². The topological polar surface area (TPSA) is 87.1 Å². The maximum Gasteiger partial charge on any atom is 0.469 e. The molecular weight excluding hydrogens is 269 g/mol. The van der Waals surface area contributed by atoms with Crippen LogP contribution in [0.4, 0.5) is 0 Å². The predicted octanol–water partition coefficient (Wildman–Crippen LogP) is 1.86. The van der Waals surface area contributed by atoms with E-state index >= 15 is 0 Å². The van der Waals surface area contributed by atoms with Crippen molar-refractivity contribution < 1.29 is 23.7 Å². The molecule has 19 heavy (non-hydrogen) atoms. The first kappa shape index (κ1) is 18.1. The van der Waals surface area contributed by atoms with Gasteiger partial charge >= 0.3 is 7.82 Å². The standard InChI is InChI=1S/C12H22NO5P/c1-3-9-13(12(14)4-2)10-7-5-6-8-11-18-19(15,16)17/h3-4H,1-2,5-11H2,(H2,15,16,17). The number of hydrogen-bond donors (Lipinski definition) is 2. The zero-order valence-electron chi connectivity index (χ0n) is 11.0. The van der Waals surface area contributed by atoms with Gasteiger partial charge in [-0.05, 0) is 18.9 Å². The van der Waals surface area contributed by atoms with Crippen molar-refractivity contribution in [1.29, 1.82) is 0 Å². The molecule has 0 atom stereocenters. The molecule has 0 saturated heterocycles. The molecule has 0 aromatic heterocycles. The molecule has 0 spiro atoms. The second-order valence-electron chi connectivity index (χ2n) is 4.02. The van der Waals surface area contributed by atoms with Gasteiger partial charge in [0.2, 0.25) is 5.91 Å². The third-order valence-electron chi connectivity index (χ3n) is 2.42. The van der Waals surface area contributed by atoms with Gasteiger partial charge in [-0.1, -0.05) is 25.5 Å². The highest BCUT2D eigenvalue weighted by atomic mass is 31.2. The summed E-state index contributed by atoms with van der Waals surface area (Å²) in [6, 6.07) is 0. The molecule has 0 aromatic carbocycles. The van der Waals surface area contributed by atoms with Crippen LogP contribution in [-0.4, -0.2) is 40.3 Å². The fourth-order valence-corrected chi connectivity index (χ4v) is 1.89. The molecule has 0 aromatic rings. The molecule has 110 valence electrons. The summed E-state index contributed by atoms with van der Waals surface area (Å²) in [5, 5.41) is 0. The molecule has 7 heteroatoms. The average molecular weight is 291 g/mol. The number of hydrogen-bond acceptors (Lipinski definition) is 3. The van der Waals surface area contributed by atoms with Crippen LogP contribution in [-0.2, 0) is 13.9 Å². The minimum absolute atomic E-state index is 0.0479. The van der Waals surface area contributed by atoms with Crippen molar-refractivity contribution in [3.8, 4) is 0 Å². The lowest BCUT2D eigenvalue weighted by Crippen LogP contribution is -2.30. The van der Waals surface area contributed by atoms with E-state index in [0.29, 0.717) is 19.5 Å². The molecule has 0 rings (SSSR count). The number of unbranched alkanes of at least 4 members (excludes halogenated alkanes) is 3. The van der Waals surface area contributed by atoms with Gasteiger partial charge in [0.05, 0.1) is 6.61 Å². The summed E-state index contributed by atoms with van der Waals surface area (Å²) in [4.78, 5) is 30.0. The van der Waals surface area contributed by atoms with Crippen molar-refractivity contribution in [2.75, 3.05) is 19.7 Å². The van der Waals surface area contributed by atoms with Gasteiger partial charge in [0.25, 0.3) is 0 Å². The molecule has 0 aliphatic carbocycles. The number of amides is 1. The molecule has 0 heterocycles. The second kappa shape index (κ2) is 9.92. The Morgan fingerprint density at radius 3 is 2.37 bits per heavy atom. The van der Waals surface area contributed by atoms with E-state index in [1.165, 1.54) is 6.08 Å². The molecule has 0 aliphatic heterocycles. The number of phosphoric acid groups is 1. The minimum atomic E-state index is -4.34. The number of carbonyl (C=O) groups excluding carboxylic acids is 1. The molecule has 6 nitrogen and oxygen atoms in total. The van der Waals surface area contributed by atoms with E-state index < -0.39 is 7.82 Å². The van der Waals surface area contributed by atoms with Crippen molar-refractivity contribution in [1.82, 2.24) is 4.90 Å². The largest absolute Gasteiger partial charge is 0.469 e. The zero-order chi connectivity index (χ0) is 14.7. The van der Waals surface area contributed by atoms with Crippen LogP contribution >= 0.6 is 7.82 Å². The van der Waals surface area contributed by atoms with Gasteiger partial charge in [0, 0.05) is 13.1 Å². The molecule has 0 fully saturated rings. The number of carbonyl (C=O) groups is 1. The van der Waals surface area contributed by atoms with Crippen molar-refractivity contribution in [2.24, 2.45) is 0 Å². The van der Waals surface area contributed by atoms with Gasteiger partial charge in [-0.3, -0.25) is 9.32 Å². The lowest BCUT2D eigenvalue weighted by atomic mass is 10.2. The third kappa shape index (κ3) is 10.7. The quantitative estimate of drug-likeness (QED) is 0.262. The molecule has 2 N–H and O–H groups in total. The second-order valence-corrected chi connectivity index (χ2v) is 5.25. The maximum atomic E-state index is 11.4. The van der Waals surface area contributed by atoms with Crippen LogP contribution < -0.4 is 0 Å². The first-order valence-electron chi connectivity index (χ1n) is 6.13. The lowest BCUT2D eigenvalue weighted by molar-refractivity contribution is -0.125. The summed E-state index contributed by atoms with van der Waals surface area (Å²) in [7, 11) is -4.34. The Kier molecular flexibility index (Phi) is 9.43. The highest BCUT2D eigenvalue weighted by Crippen LogP contribution is 2.35. The van der Waals surface area contributed by atoms with Crippen LogP contribution in [0.15, 0.2) is 25.3 Å². The summed E-state index contributed by atoms with van der Waals surface area (Å²) >= 11 is 0. The van der Waals surface area contributed by atoms with Crippen LogP contribution in [0.3, 0.4) is 0 Å². The van der Waals surface area contributed by atoms with Crippen LogP contribution in [0.5, 0.6) is 0 Å². The smallest absolute Gasteiger partial charge is 0.335 e. The maximum absolute atomic E-state index is 11.4. The van der Waals surface area contributed by atoms with Gasteiger partial charge in [0.15, 0.2) is 0 Å². The fraction of sp³-hybridized carbons (Fsp3) is 0.583. The molecule has 0 saturated carbocycles. The predicted molar refractivity (Wildman–Crippen MR) is 73.4 cm³/mol. The molecule has 0 unspecified atom stereocenters. The van der Waals surface area contributed by atoms with E-state index in [9.17, 15) is 9.36 Å². The lowest BCUT2D eigenvalue weighted by Gasteiger charge is -2.19. The summed E-state index contributed by atoms with van der Waals surface area (Å²) in [5.74, 6) is -0.121. The van der Waals surface area contributed by atoms with Gasteiger partial charge < -0.3 is 14.7 Å². The highest BCUT2D eigenvalue weighted by molar-refractivity contribution is 7.46. The Hall–Kier alpha value is -0.940. The van der Waals surface area contributed by atoms with Gasteiger partial charge in [-0.15, -0.1) is 6.58 Å². The van der Waals surface area contributed by atoms with Crippen LogP contribution in [0.1, 0.15) is 25.7 Å². The fourth-order valence-electron chi connectivity index (χ4n) is 1.52. The van der Waals surface area contributed by atoms with E-state index in [4.69, 9.17) is 9.79 Å². The van der Waals surface area contributed by atoms with E-state index in [-0.39, 0.29) is 12.5 Å². The number of rotatable bonds is 11. The van der Waals surface area contributed by atoms with Crippen molar-refractivity contribution in [3.05, 3.63) is 25.3 Å². The molecular formula is C12H22NO5P. The van der Waals surface area contributed by atoms with Crippen molar-refractivity contribution >= 4 is 13.7 Å². The minimum Gasteiger partial charge on any atom is -0.335 e. The SMILES string of the molecule is C=CCN(CCCCCCOP(=O)(O)O)C(=O)C=C. The van der Waals surface area contributed by atoms with Gasteiger partial charge in [-0.2, -0.15) is 0 Å². The van der Waals surface area contributed by atoms with Crippen LogP contribution in [0, 0.1) is 0 Å². The summed E-state index contributed by atoms with van der Waals surface area (Å²) in [6.45, 7) is 8.19. The van der Waals surface area contributed by atoms with Crippen LogP contribution in [0.25, 0.3) is 0 Å². The van der Waals surface area contributed by atoms with Crippen LogP contribution in [0.2, 0.25) is 0 Å². The molecule has 1 amide bonds. The first-order valence-corrected chi connectivity index (χ1v) is 7.66. The monoisotopic (exact) mass is 291 g/mol. The Morgan fingerprint density at radius 1 is 1.21 bits per heavy atom. The Labute approximate surface area is 114 Å². The Bertz CT molecular complexity index is 339. The van der Waals surface area contributed by atoms with Gasteiger partial charge in [0.1, 0.15) is 0 Å². The molecule has 0 bridgehead atoms. The summed E-state index contributed by atoms with van der Waals surface area (Å²) in [6.07, 6.45) is 6.00.